The molecule has 1 heterocycles. The van der Waals surface area contributed by atoms with E-state index in [1.54, 1.807) is 11.8 Å². The molecule has 0 unspecified atom stereocenters. The van der Waals surface area contributed by atoms with E-state index in [0.29, 0.717) is 18.8 Å². The summed E-state index contributed by atoms with van der Waals surface area (Å²) in [6.45, 7) is 0.539. The van der Waals surface area contributed by atoms with Gasteiger partial charge in [-0.25, -0.2) is 0 Å². The highest BCUT2D eigenvalue weighted by atomic mass is 16.5. The van der Waals surface area contributed by atoms with Crippen molar-refractivity contribution in [3.05, 3.63) is 36.0 Å². The van der Waals surface area contributed by atoms with Gasteiger partial charge in [0.2, 0.25) is 0 Å². The fraction of sp³-hybridized carbons (Fsp3) is 0.308. The molecule has 2 rings (SSSR count). The van der Waals surface area contributed by atoms with Crippen LogP contribution in [0, 0.1) is 0 Å². The zero-order valence-corrected chi connectivity index (χ0v) is 10.6. The highest BCUT2D eigenvalue weighted by Gasteiger charge is 2.05. The predicted molar refractivity (Wildman–Crippen MR) is 69.8 cm³/mol. The number of ether oxygens (including phenoxy) is 2. The Morgan fingerprint density at radius 1 is 1.28 bits per heavy atom. The number of nitrogens with two attached hydrogens (primary N) is 1. The average molecular weight is 247 g/mol. The summed E-state index contributed by atoms with van der Waals surface area (Å²) in [4.78, 5) is 0. The molecule has 0 radical (unpaired) electrons. The molecule has 0 fully saturated rings. The topological polar surface area (TPSA) is 62.3 Å². The fourth-order valence-corrected chi connectivity index (χ4v) is 1.67. The average Bonchev–Trinajstić information content (AvgIpc) is 2.69. The third-order valence-electron chi connectivity index (χ3n) is 2.65. The molecule has 0 bridgehead atoms. The van der Waals surface area contributed by atoms with Crippen LogP contribution < -0.4 is 15.2 Å². The largest absolute Gasteiger partial charge is 0.493 e. The number of benzene rings is 1. The lowest BCUT2D eigenvalue weighted by molar-refractivity contribution is 0.296. The number of hydrogen-bond donors (Lipinski definition) is 1. The van der Waals surface area contributed by atoms with Crippen LogP contribution in [0.5, 0.6) is 11.5 Å². The number of nitrogens with zero attached hydrogens (tertiary/aromatic N) is 2. The normalized spacial score (nSPS) is 10.3. The van der Waals surface area contributed by atoms with E-state index in [0.717, 1.165) is 17.2 Å². The zero-order valence-electron chi connectivity index (χ0n) is 10.6. The van der Waals surface area contributed by atoms with Crippen molar-refractivity contribution < 1.29 is 9.47 Å². The molecule has 0 spiro atoms. The number of aryl methyl sites for hydroxylation is 1. The smallest absolute Gasteiger partial charge is 0.161 e. The first-order chi connectivity index (χ1) is 8.70. The van der Waals surface area contributed by atoms with E-state index in [1.807, 2.05) is 37.4 Å². The highest BCUT2D eigenvalue weighted by Crippen LogP contribution is 2.25. The Labute approximate surface area is 106 Å². The molecule has 1 aromatic carbocycles. The van der Waals surface area contributed by atoms with Gasteiger partial charge in [-0.05, 0) is 12.1 Å². The van der Waals surface area contributed by atoms with Crippen LogP contribution in [0.1, 0.15) is 5.69 Å². The molecule has 0 aliphatic rings. The molecular formula is C13H17N3O2. The van der Waals surface area contributed by atoms with Gasteiger partial charge < -0.3 is 15.2 Å². The molecule has 0 saturated carbocycles. The van der Waals surface area contributed by atoms with Gasteiger partial charge in [-0.15, -0.1) is 0 Å². The summed E-state index contributed by atoms with van der Waals surface area (Å²) >= 11 is 0. The van der Waals surface area contributed by atoms with Crippen molar-refractivity contribution in [3.8, 4) is 11.5 Å². The summed E-state index contributed by atoms with van der Waals surface area (Å²) in [6, 6.07) is 9.42. The molecule has 0 aliphatic carbocycles. The SMILES string of the molecule is COc1ccccc1OCCc1cc(N)n(C)n1. The minimum atomic E-state index is 0.539. The van der Waals surface area contributed by atoms with Gasteiger partial charge in [0.15, 0.2) is 11.5 Å². The molecule has 0 amide bonds. The van der Waals surface area contributed by atoms with E-state index in [4.69, 9.17) is 15.2 Å². The number of rotatable bonds is 5. The monoisotopic (exact) mass is 247 g/mol. The first kappa shape index (κ1) is 12.3. The van der Waals surface area contributed by atoms with Crippen molar-refractivity contribution in [3.63, 3.8) is 0 Å². The third kappa shape index (κ3) is 2.74. The molecule has 96 valence electrons. The van der Waals surface area contributed by atoms with Gasteiger partial charge in [0.25, 0.3) is 0 Å². The van der Waals surface area contributed by atoms with Crippen LogP contribution in [0.3, 0.4) is 0 Å². The van der Waals surface area contributed by atoms with Crippen LogP contribution in [-0.2, 0) is 13.5 Å². The van der Waals surface area contributed by atoms with Crippen molar-refractivity contribution in [2.45, 2.75) is 6.42 Å². The van der Waals surface area contributed by atoms with Crippen molar-refractivity contribution >= 4 is 5.82 Å². The predicted octanol–water partition coefficient (Wildman–Crippen LogP) is 1.63. The van der Waals surface area contributed by atoms with Gasteiger partial charge in [-0.2, -0.15) is 5.10 Å². The first-order valence-electron chi connectivity index (χ1n) is 5.75. The summed E-state index contributed by atoms with van der Waals surface area (Å²) < 4.78 is 12.5. The van der Waals surface area contributed by atoms with Gasteiger partial charge in [-0.1, -0.05) is 12.1 Å². The van der Waals surface area contributed by atoms with Gasteiger partial charge in [-0.3, -0.25) is 4.68 Å². The van der Waals surface area contributed by atoms with E-state index in [1.165, 1.54) is 0 Å². The van der Waals surface area contributed by atoms with Gasteiger partial charge in [0.1, 0.15) is 5.82 Å². The standard InChI is InChI=1S/C13H17N3O2/c1-16-13(14)9-10(15-16)7-8-18-12-6-4-3-5-11(12)17-2/h3-6,9H,7-8,14H2,1-2H3. The summed E-state index contributed by atoms with van der Waals surface area (Å²) in [7, 11) is 3.45. The van der Waals surface area contributed by atoms with Crippen LogP contribution in [0.25, 0.3) is 0 Å². The Bertz CT molecular complexity index is 503. The Hall–Kier alpha value is -2.17. The van der Waals surface area contributed by atoms with Gasteiger partial charge in [0, 0.05) is 19.5 Å². The number of nitrogen functional groups attached to an aromatic ring is 1. The maximum atomic E-state index is 5.71. The number of para-hydroxylation sites is 2. The molecular weight excluding hydrogens is 230 g/mol. The van der Waals surface area contributed by atoms with E-state index < -0.39 is 0 Å². The van der Waals surface area contributed by atoms with Gasteiger partial charge in [0.05, 0.1) is 19.4 Å². The molecule has 1 aromatic heterocycles. The lowest BCUT2D eigenvalue weighted by Crippen LogP contribution is -2.03. The summed E-state index contributed by atoms with van der Waals surface area (Å²) in [5, 5.41) is 4.26. The van der Waals surface area contributed by atoms with E-state index in [2.05, 4.69) is 5.10 Å². The van der Waals surface area contributed by atoms with E-state index in [9.17, 15) is 0 Å². The quantitative estimate of drug-likeness (QED) is 0.872. The van der Waals surface area contributed by atoms with E-state index in [-0.39, 0.29) is 0 Å². The maximum Gasteiger partial charge on any atom is 0.161 e. The minimum Gasteiger partial charge on any atom is -0.493 e. The van der Waals surface area contributed by atoms with Crippen LogP contribution in [-0.4, -0.2) is 23.5 Å². The van der Waals surface area contributed by atoms with Crippen molar-refractivity contribution in [2.24, 2.45) is 7.05 Å². The fourth-order valence-electron chi connectivity index (χ4n) is 1.67. The Balaban J connectivity index is 1.92. The third-order valence-corrected chi connectivity index (χ3v) is 2.65. The summed E-state index contributed by atoms with van der Waals surface area (Å²) in [6.07, 6.45) is 0.711. The summed E-state index contributed by atoms with van der Waals surface area (Å²) in [5.41, 5.74) is 6.63. The second-order valence-corrected chi connectivity index (χ2v) is 3.93. The second kappa shape index (κ2) is 5.44. The number of methoxy groups -OCH3 is 1. The lowest BCUT2D eigenvalue weighted by atomic mass is 10.3. The highest BCUT2D eigenvalue weighted by molar-refractivity contribution is 5.39. The molecule has 0 aliphatic heterocycles. The molecule has 2 aromatic rings. The minimum absolute atomic E-state index is 0.539. The Kier molecular flexibility index (Phi) is 3.72. The molecule has 0 atom stereocenters. The van der Waals surface area contributed by atoms with Crippen LogP contribution in [0.15, 0.2) is 30.3 Å². The molecule has 2 N–H and O–H groups in total. The molecule has 18 heavy (non-hydrogen) atoms. The number of anilines is 1. The van der Waals surface area contributed by atoms with Crippen LogP contribution >= 0.6 is 0 Å². The number of hydrogen-bond acceptors (Lipinski definition) is 4. The summed E-state index contributed by atoms with van der Waals surface area (Å²) in [5.74, 6) is 2.13. The van der Waals surface area contributed by atoms with Crippen LogP contribution in [0.4, 0.5) is 5.82 Å². The van der Waals surface area contributed by atoms with Crippen LogP contribution in [0.2, 0.25) is 0 Å². The Morgan fingerprint density at radius 3 is 2.61 bits per heavy atom. The first-order valence-corrected chi connectivity index (χ1v) is 5.75. The molecule has 0 saturated heterocycles. The van der Waals surface area contributed by atoms with Crippen molar-refractivity contribution in [2.75, 3.05) is 19.5 Å². The lowest BCUT2D eigenvalue weighted by Gasteiger charge is -2.09. The van der Waals surface area contributed by atoms with Crippen molar-refractivity contribution in [1.29, 1.82) is 0 Å². The molecule has 5 nitrogen and oxygen atoms in total. The Morgan fingerprint density at radius 2 is 2.00 bits per heavy atom. The molecule has 5 heteroatoms. The maximum absolute atomic E-state index is 5.71. The zero-order chi connectivity index (χ0) is 13.0. The van der Waals surface area contributed by atoms with E-state index >= 15 is 0 Å². The number of aromatic nitrogens is 2. The second-order valence-electron chi connectivity index (χ2n) is 3.93. The van der Waals surface area contributed by atoms with Gasteiger partial charge >= 0.3 is 0 Å². The van der Waals surface area contributed by atoms with Crippen molar-refractivity contribution in [1.82, 2.24) is 9.78 Å².